The Labute approximate surface area is 145 Å². The molecule has 1 aliphatic rings. The summed E-state index contributed by atoms with van der Waals surface area (Å²) in [6, 6.07) is 13.1. The molecule has 4 rings (SSSR count). The minimum absolute atomic E-state index is 0.156. The molecule has 25 heavy (non-hydrogen) atoms. The first kappa shape index (κ1) is 15.9. The van der Waals surface area contributed by atoms with Gasteiger partial charge < -0.3 is 4.57 Å². The van der Waals surface area contributed by atoms with Gasteiger partial charge >= 0.3 is 0 Å². The Hall–Kier alpha value is -2.56. The fraction of sp³-hybridized carbons (Fsp3) is 0.300. The Morgan fingerprint density at radius 2 is 1.44 bits per heavy atom. The standard InChI is InChI=1S/C20H19F2N3/c1-13(2)25-18(14-3-7-16(21)8-4-14)23-24-19(25)20(11-12-20)15-5-9-17(22)10-6-15/h3-10,13H,11-12H2,1-2H3. The van der Waals surface area contributed by atoms with Crippen LogP contribution >= 0.6 is 0 Å². The van der Waals surface area contributed by atoms with Gasteiger partial charge in [0, 0.05) is 11.6 Å². The quantitative estimate of drug-likeness (QED) is 0.678. The molecule has 0 aliphatic heterocycles. The molecule has 5 heteroatoms. The summed E-state index contributed by atoms with van der Waals surface area (Å²) in [4.78, 5) is 0. The third-order valence-electron chi connectivity index (χ3n) is 4.89. The molecule has 0 amide bonds. The summed E-state index contributed by atoms with van der Waals surface area (Å²) >= 11 is 0. The zero-order chi connectivity index (χ0) is 17.6. The molecule has 0 radical (unpaired) electrons. The molecular formula is C20H19F2N3. The summed E-state index contributed by atoms with van der Waals surface area (Å²) in [7, 11) is 0. The number of nitrogens with zero attached hydrogens (tertiary/aromatic N) is 3. The van der Waals surface area contributed by atoms with E-state index in [1.54, 1.807) is 12.1 Å². The predicted octanol–water partition coefficient (Wildman–Crippen LogP) is 4.88. The van der Waals surface area contributed by atoms with Crippen molar-refractivity contribution >= 4 is 0 Å². The van der Waals surface area contributed by atoms with Gasteiger partial charge in [0.1, 0.15) is 17.5 Å². The lowest BCUT2D eigenvalue weighted by Crippen LogP contribution is -2.18. The van der Waals surface area contributed by atoms with Gasteiger partial charge in [0.2, 0.25) is 0 Å². The smallest absolute Gasteiger partial charge is 0.164 e. The maximum atomic E-state index is 13.3. The monoisotopic (exact) mass is 339 g/mol. The fourth-order valence-electron chi connectivity index (χ4n) is 3.44. The highest BCUT2D eigenvalue weighted by molar-refractivity contribution is 5.56. The topological polar surface area (TPSA) is 30.7 Å². The number of benzene rings is 2. The minimum atomic E-state index is -0.274. The molecule has 1 fully saturated rings. The van der Waals surface area contributed by atoms with Gasteiger partial charge in [-0.05, 0) is 68.7 Å². The van der Waals surface area contributed by atoms with Gasteiger partial charge in [0.25, 0.3) is 0 Å². The minimum Gasteiger partial charge on any atom is -0.308 e. The van der Waals surface area contributed by atoms with Crippen molar-refractivity contribution in [3.8, 4) is 11.4 Å². The van der Waals surface area contributed by atoms with E-state index in [0.717, 1.165) is 35.6 Å². The zero-order valence-electron chi connectivity index (χ0n) is 14.2. The van der Waals surface area contributed by atoms with Crippen LogP contribution in [0.2, 0.25) is 0 Å². The lowest BCUT2D eigenvalue weighted by Gasteiger charge is -2.20. The van der Waals surface area contributed by atoms with Crippen LogP contribution in [0.5, 0.6) is 0 Å². The summed E-state index contributed by atoms with van der Waals surface area (Å²) in [6.45, 7) is 4.17. The molecule has 0 spiro atoms. The van der Waals surface area contributed by atoms with Crippen LogP contribution in [0.15, 0.2) is 48.5 Å². The second-order valence-corrected chi connectivity index (χ2v) is 6.91. The van der Waals surface area contributed by atoms with Gasteiger partial charge in [-0.25, -0.2) is 8.78 Å². The van der Waals surface area contributed by atoms with Crippen LogP contribution in [0, 0.1) is 11.6 Å². The number of aromatic nitrogens is 3. The van der Waals surface area contributed by atoms with E-state index in [4.69, 9.17) is 0 Å². The van der Waals surface area contributed by atoms with Gasteiger partial charge in [-0.2, -0.15) is 0 Å². The third-order valence-corrected chi connectivity index (χ3v) is 4.89. The number of rotatable bonds is 4. The third kappa shape index (κ3) is 2.64. The van der Waals surface area contributed by atoms with Crippen LogP contribution in [0.3, 0.4) is 0 Å². The SMILES string of the molecule is CC(C)n1c(-c2ccc(F)cc2)nnc1C1(c2ccc(F)cc2)CC1. The summed E-state index contributed by atoms with van der Waals surface area (Å²) in [5.41, 5.74) is 1.70. The molecule has 0 atom stereocenters. The van der Waals surface area contributed by atoms with Gasteiger partial charge in [-0.1, -0.05) is 12.1 Å². The van der Waals surface area contributed by atoms with E-state index < -0.39 is 0 Å². The highest BCUT2D eigenvalue weighted by Crippen LogP contribution is 2.53. The molecule has 0 bridgehead atoms. The lowest BCUT2D eigenvalue weighted by atomic mass is 9.94. The molecule has 2 aromatic carbocycles. The number of halogens is 2. The van der Waals surface area contributed by atoms with Gasteiger partial charge in [0.15, 0.2) is 5.82 Å². The molecule has 1 aliphatic carbocycles. The van der Waals surface area contributed by atoms with Gasteiger partial charge in [-0.3, -0.25) is 0 Å². The lowest BCUT2D eigenvalue weighted by molar-refractivity contribution is 0.547. The Balaban J connectivity index is 1.83. The van der Waals surface area contributed by atoms with Crippen molar-refractivity contribution in [1.82, 2.24) is 14.8 Å². The van der Waals surface area contributed by atoms with E-state index in [2.05, 4.69) is 28.6 Å². The molecule has 3 nitrogen and oxygen atoms in total. The predicted molar refractivity (Wildman–Crippen MR) is 92.2 cm³/mol. The van der Waals surface area contributed by atoms with Crippen molar-refractivity contribution in [3.05, 3.63) is 71.6 Å². The van der Waals surface area contributed by atoms with Crippen molar-refractivity contribution < 1.29 is 8.78 Å². The first-order valence-corrected chi connectivity index (χ1v) is 8.49. The van der Waals surface area contributed by atoms with Crippen LogP contribution in [0.25, 0.3) is 11.4 Å². The van der Waals surface area contributed by atoms with E-state index in [9.17, 15) is 8.78 Å². The first-order valence-electron chi connectivity index (χ1n) is 8.49. The highest BCUT2D eigenvalue weighted by Gasteiger charge is 2.50. The Bertz CT molecular complexity index is 892. The molecule has 3 aromatic rings. The largest absolute Gasteiger partial charge is 0.308 e. The van der Waals surface area contributed by atoms with Crippen LogP contribution < -0.4 is 0 Å². The second-order valence-electron chi connectivity index (χ2n) is 6.91. The highest BCUT2D eigenvalue weighted by atomic mass is 19.1. The average Bonchev–Trinajstić information content (AvgIpc) is 3.27. The number of hydrogen-bond donors (Lipinski definition) is 0. The van der Waals surface area contributed by atoms with Crippen molar-refractivity contribution in [2.24, 2.45) is 0 Å². The van der Waals surface area contributed by atoms with E-state index in [0.29, 0.717) is 0 Å². The van der Waals surface area contributed by atoms with Crippen molar-refractivity contribution in [2.75, 3.05) is 0 Å². The fourth-order valence-corrected chi connectivity index (χ4v) is 3.44. The Kier molecular flexibility index (Phi) is 3.67. The van der Waals surface area contributed by atoms with E-state index in [1.165, 1.54) is 24.3 Å². The Morgan fingerprint density at radius 3 is 1.96 bits per heavy atom. The maximum absolute atomic E-state index is 13.3. The molecule has 1 heterocycles. The molecule has 0 unspecified atom stereocenters. The molecular weight excluding hydrogens is 320 g/mol. The van der Waals surface area contributed by atoms with Crippen molar-refractivity contribution in [1.29, 1.82) is 0 Å². The summed E-state index contributed by atoms with van der Waals surface area (Å²) in [5, 5.41) is 8.90. The van der Waals surface area contributed by atoms with Crippen molar-refractivity contribution in [2.45, 2.75) is 38.1 Å². The average molecular weight is 339 g/mol. The summed E-state index contributed by atoms with van der Waals surface area (Å²) < 4.78 is 28.7. The molecule has 128 valence electrons. The van der Waals surface area contributed by atoms with Crippen LogP contribution in [0.4, 0.5) is 8.78 Å². The van der Waals surface area contributed by atoms with E-state index in [-0.39, 0.29) is 23.1 Å². The van der Waals surface area contributed by atoms with Crippen LogP contribution in [-0.2, 0) is 5.41 Å². The molecule has 0 saturated heterocycles. The maximum Gasteiger partial charge on any atom is 0.164 e. The normalized spacial score (nSPS) is 15.6. The number of hydrogen-bond acceptors (Lipinski definition) is 2. The molecule has 1 saturated carbocycles. The van der Waals surface area contributed by atoms with Gasteiger partial charge in [-0.15, -0.1) is 10.2 Å². The van der Waals surface area contributed by atoms with Crippen molar-refractivity contribution in [3.63, 3.8) is 0 Å². The summed E-state index contributed by atoms with van der Waals surface area (Å²) in [6.07, 6.45) is 1.93. The Morgan fingerprint density at radius 1 is 0.880 bits per heavy atom. The van der Waals surface area contributed by atoms with Crippen LogP contribution in [0.1, 0.15) is 44.1 Å². The second kappa shape index (κ2) is 5.76. The summed E-state index contributed by atoms with van der Waals surface area (Å²) in [5.74, 6) is 1.12. The van der Waals surface area contributed by atoms with Crippen LogP contribution in [-0.4, -0.2) is 14.8 Å². The zero-order valence-corrected chi connectivity index (χ0v) is 14.2. The molecule has 0 N–H and O–H groups in total. The molecule has 1 aromatic heterocycles. The van der Waals surface area contributed by atoms with E-state index in [1.807, 2.05) is 12.1 Å². The van der Waals surface area contributed by atoms with E-state index >= 15 is 0 Å². The first-order chi connectivity index (χ1) is 12.0. The van der Waals surface area contributed by atoms with Gasteiger partial charge in [0.05, 0.1) is 5.41 Å².